The van der Waals surface area contributed by atoms with Gasteiger partial charge in [0.15, 0.2) is 0 Å². The Kier molecular flexibility index (Phi) is 6.61. The van der Waals surface area contributed by atoms with Gasteiger partial charge in [0.2, 0.25) is 5.91 Å². The molecule has 1 unspecified atom stereocenters. The van der Waals surface area contributed by atoms with Gasteiger partial charge in [-0.1, -0.05) is 23.7 Å². The molecular formula is C18H21ClN2O3. The molecule has 5 nitrogen and oxygen atoms in total. The number of hydrogen-bond donors (Lipinski definition) is 3. The topological polar surface area (TPSA) is 72.8 Å². The molecule has 0 saturated carbocycles. The standard InChI is InChI=1S/C18H21ClN2O3/c1-21(10-11-22)16-8-6-15(7-9-16)20-18(24)12-17(23)13-2-4-14(19)5-3-13/h2-9,17,22-23H,10-12H2,1H3,(H,20,24). The van der Waals surface area contributed by atoms with Gasteiger partial charge in [-0.05, 0) is 42.0 Å². The Hall–Kier alpha value is -2.08. The molecule has 0 spiro atoms. The highest BCUT2D eigenvalue weighted by atomic mass is 35.5. The van der Waals surface area contributed by atoms with E-state index in [9.17, 15) is 9.90 Å². The molecule has 24 heavy (non-hydrogen) atoms. The lowest BCUT2D eigenvalue weighted by molar-refractivity contribution is -0.118. The molecule has 2 aromatic carbocycles. The van der Waals surface area contributed by atoms with Gasteiger partial charge in [-0.25, -0.2) is 0 Å². The number of rotatable bonds is 7. The molecule has 3 N–H and O–H groups in total. The van der Waals surface area contributed by atoms with E-state index >= 15 is 0 Å². The maximum Gasteiger partial charge on any atom is 0.227 e. The average Bonchev–Trinajstić information content (AvgIpc) is 2.56. The van der Waals surface area contributed by atoms with Crippen LogP contribution in [0.1, 0.15) is 18.1 Å². The molecule has 0 aliphatic heterocycles. The van der Waals surface area contributed by atoms with Crippen molar-refractivity contribution in [3.8, 4) is 0 Å². The number of nitrogens with one attached hydrogen (secondary N) is 1. The first-order valence-electron chi connectivity index (χ1n) is 7.65. The Morgan fingerprint density at radius 2 is 1.79 bits per heavy atom. The number of anilines is 2. The number of carbonyl (C=O) groups excluding carboxylic acids is 1. The largest absolute Gasteiger partial charge is 0.395 e. The van der Waals surface area contributed by atoms with Gasteiger partial charge in [-0.3, -0.25) is 4.79 Å². The zero-order valence-corrected chi connectivity index (χ0v) is 14.2. The van der Waals surface area contributed by atoms with Gasteiger partial charge in [0, 0.05) is 30.0 Å². The first-order valence-corrected chi connectivity index (χ1v) is 8.03. The maximum absolute atomic E-state index is 12.0. The molecule has 1 atom stereocenters. The maximum atomic E-state index is 12.0. The lowest BCUT2D eigenvalue weighted by Crippen LogP contribution is -2.21. The van der Waals surface area contributed by atoms with Crippen LogP contribution < -0.4 is 10.2 Å². The van der Waals surface area contributed by atoms with E-state index in [2.05, 4.69) is 5.32 Å². The second kappa shape index (κ2) is 8.68. The van der Waals surface area contributed by atoms with Gasteiger partial charge in [0.05, 0.1) is 19.1 Å². The van der Waals surface area contributed by atoms with Crippen LogP contribution in [0.2, 0.25) is 5.02 Å². The molecule has 1 amide bonds. The van der Waals surface area contributed by atoms with Crippen LogP contribution in [0.15, 0.2) is 48.5 Å². The second-order valence-corrected chi connectivity index (χ2v) is 5.95. The van der Waals surface area contributed by atoms with Crippen LogP contribution in [0.5, 0.6) is 0 Å². The number of carbonyl (C=O) groups is 1. The highest BCUT2D eigenvalue weighted by Crippen LogP contribution is 2.21. The fourth-order valence-corrected chi connectivity index (χ4v) is 2.39. The first kappa shape index (κ1) is 18.3. The number of nitrogens with zero attached hydrogens (tertiary/aromatic N) is 1. The first-order chi connectivity index (χ1) is 11.5. The van der Waals surface area contributed by atoms with Crippen molar-refractivity contribution >= 4 is 28.9 Å². The van der Waals surface area contributed by atoms with Crippen molar-refractivity contribution in [2.45, 2.75) is 12.5 Å². The summed E-state index contributed by atoms with van der Waals surface area (Å²) in [7, 11) is 1.88. The summed E-state index contributed by atoms with van der Waals surface area (Å²) in [5.74, 6) is -0.270. The van der Waals surface area contributed by atoms with Crippen LogP contribution in [0.4, 0.5) is 11.4 Å². The Morgan fingerprint density at radius 3 is 2.38 bits per heavy atom. The highest BCUT2D eigenvalue weighted by molar-refractivity contribution is 6.30. The Bertz CT molecular complexity index is 659. The molecule has 128 valence electrons. The smallest absolute Gasteiger partial charge is 0.227 e. The van der Waals surface area contributed by atoms with E-state index in [4.69, 9.17) is 16.7 Å². The molecule has 0 radical (unpaired) electrons. The molecule has 0 bridgehead atoms. The predicted octanol–water partition coefficient (Wildman–Crippen LogP) is 2.83. The number of aliphatic hydroxyl groups is 2. The van der Waals surface area contributed by atoms with E-state index in [1.54, 1.807) is 36.4 Å². The van der Waals surface area contributed by atoms with E-state index in [0.29, 0.717) is 22.8 Å². The van der Waals surface area contributed by atoms with Crippen LogP contribution in [0.25, 0.3) is 0 Å². The van der Waals surface area contributed by atoms with Crippen molar-refractivity contribution in [1.82, 2.24) is 0 Å². The SMILES string of the molecule is CN(CCO)c1ccc(NC(=O)CC(O)c2ccc(Cl)cc2)cc1. The van der Waals surface area contributed by atoms with E-state index in [1.165, 1.54) is 0 Å². The summed E-state index contributed by atoms with van der Waals surface area (Å²) in [5, 5.41) is 22.4. The van der Waals surface area contributed by atoms with Crippen LogP contribution in [0, 0.1) is 0 Å². The quantitative estimate of drug-likeness (QED) is 0.719. The molecule has 0 aliphatic carbocycles. The molecule has 0 aromatic heterocycles. The minimum Gasteiger partial charge on any atom is -0.395 e. The third-order valence-electron chi connectivity index (χ3n) is 3.66. The number of amides is 1. The van der Waals surface area contributed by atoms with Crippen LogP contribution in [-0.4, -0.2) is 36.3 Å². The molecule has 0 heterocycles. The summed E-state index contributed by atoms with van der Waals surface area (Å²) >= 11 is 5.81. The summed E-state index contributed by atoms with van der Waals surface area (Å²) in [6.45, 7) is 0.622. The average molecular weight is 349 g/mol. The molecular weight excluding hydrogens is 328 g/mol. The summed E-state index contributed by atoms with van der Waals surface area (Å²) in [5.41, 5.74) is 2.25. The minimum atomic E-state index is -0.878. The molecule has 0 aliphatic rings. The van der Waals surface area contributed by atoms with Gasteiger partial charge in [0.1, 0.15) is 0 Å². The van der Waals surface area contributed by atoms with Gasteiger partial charge in [-0.2, -0.15) is 0 Å². The van der Waals surface area contributed by atoms with E-state index in [0.717, 1.165) is 5.69 Å². The fourth-order valence-electron chi connectivity index (χ4n) is 2.27. The third kappa shape index (κ3) is 5.23. The number of likely N-dealkylation sites (N-methyl/N-ethyl adjacent to an activating group) is 1. The highest BCUT2D eigenvalue weighted by Gasteiger charge is 2.13. The summed E-state index contributed by atoms with van der Waals surface area (Å²) in [4.78, 5) is 14.0. The van der Waals surface area contributed by atoms with Crippen molar-refractivity contribution in [1.29, 1.82) is 0 Å². The Balaban J connectivity index is 1.91. The lowest BCUT2D eigenvalue weighted by Gasteiger charge is -2.18. The van der Waals surface area contributed by atoms with Gasteiger partial charge in [-0.15, -0.1) is 0 Å². The summed E-state index contributed by atoms with van der Waals surface area (Å²) in [6.07, 6.45) is -0.911. The lowest BCUT2D eigenvalue weighted by atomic mass is 10.1. The van der Waals surface area contributed by atoms with Crippen molar-refractivity contribution in [3.05, 3.63) is 59.1 Å². The van der Waals surface area contributed by atoms with E-state index in [-0.39, 0.29) is 18.9 Å². The van der Waals surface area contributed by atoms with Crippen molar-refractivity contribution in [3.63, 3.8) is 0 Å². The number of aliphatic hydroxyl groups excluding tert-OH is 2. The molecule has 0 fully saturated rings. The van der Waals surface area contributed by atoms with Crippen LogP contribution in [0.3, 0.4) is 0 Å². The second-order valence-electron chi connectivity index (χ2n) is 5.51. The summed E-state index contributed by atoms with van der Waals surface area (Å²) < 4.78 is 0. The number of benzene rings is 2. The monoisotopic (exact) mass is 348 g/mol. The minimum absolute atomic E-state index is 0.0339. The van der Waals surface area contributed by atoms with Crippen molar-refractivity contribution < 1.29 is 15.0 Å². The molecule has 2 rings (SSSR count). The number of hydrogen-bond acceptors (Lipinski definition) is 4. The Morgan fingerprint density at radius 1 is 1.17 bits per heavy atom. The third-order valence-corrected chi connectivity index (χ3v) is 3.91. The van der Waals surface area contributed by atoms with Gasteiger partial charge in [0.25, 0.3) is 0 Å². The molecule has 0 saturated heterocycles. The summed E-state index contributed by atoms with van der Waals surface area (Å²) in [6, 6.07) is 14.1. The van der Waals surface area contributed by atoms with E-state index in [1.807, 2.05) is 24.1 Å². The van der Waals surface area contributed by atoms with Crippen LogP contribution >= 0.6 is 11.6 Å². The zero-order valence-electron chi connectivity index (χ0n) is 13.4. The normalized spacial score (nSPS) is 11.8. The molecule has 6 heteroatoms. The van der Waals surface area contributed by atoms with Crippen molar-refractivity contribution in [2.75, 3.05) is 30.4 Å². The van der Waals surface area contributed by atoms with Gasteiger partial charge >= 0.3 is 0 Å². The molecule has 2 aromatic rings. The number of halogens is 1. The van der Waals surface area contributed by atoms with Crippen LogP contribution in [-0.2, 0) is 4.79 Å². The van der Waals surface area contributed by atoms with Crippen molar-refractivity contribution in [2.24, 2.45) is 0 Å². The van der Waals surface area contributed by atoms with E-state index < -0.39 is 6.10 Å². The van der Waals surface area contributed by atoms with Gasteiger partial charge < -0.3 is 20.4 Å². The zero-order chi connectivity index (χ0) is 17.5. The predicted molar refractivity (Wildman–Crippen MR) is 96.5 cm³/mol. The Labute approximate surface area is 146 Å². The fraction of sp³-hybridized carbons (Fsp3) is 0.278.